The number of hydrogen-bond donors (Lipinski definition) is 0. The van der Waals surface area contributed by atoms with Gasteiger partial charge in [-0.1, -0.05) is 0 Å². The molecular weight excluding hydrogens is 247 g/mol. The van der Waals surface area contributed by atoms with Crippen LogP contribution in [-0.4, -0.2) is 48.8 Å². The lowest BCUT2D eigenvalue weighted by Crippen LogP contribution is -2.44. The summed E-state index contributed by atoms with van der Waals surface area (Å²) >= 11 is 0. The first kappa shape index (κ1) is 12.0. The fourth-order valence-electron chi connectivity index (χ4n) is 1.63. The van der Waals surface area contributed by atoms with Gasteiger partial charge in [0.2, 0.25) is 5.95 Å². The highest BCUT2D eigenvalue weighted by Crippen LogP contribution is 2.11. The summed E-state index contributed by atoms with van der Waals surface area (Å²) in [4.78, 5) is 16.6. The van der Waals surface area contributed by atoms with E-state index >= 15 is 0 Å². The third-order valence-electron chi connectivity index (χ3n) is 2.62. The number of sulfone groups is 1. The third kappa shape index (κ3) is 2.60. The van der Waals surface area contributed by atoms with Gasteiger partial charge in [0, 0.05) is 19.3 Å². The molecule has 1 aliphatic heterocycles. The van der Waals surface area contributed by atoms with Crippen molar-refractivity contribution >= 4 is 15.7 Å². The minimum absolute atomic E-state index is 0.0688. The summed E-state index contributed by atoms with van der Waals surface area (Å²) in [5, 5.41) is 0. The van der Waals surface area contributed by atoms with Crippen LogP contribution in [-0.2, 0) is 9.84 Å². The van der Waals surface area contributed by atoms with E-state index in [1.807, 2.05) is 0 Å². The fraction of sp³-hybridized carbons (Fsp3) is 0.400. The van der Waals surface area contributed by atoms with Gasteiger partial charge in [-0.25, -0.2) is 13.4 Å². The molecule has 5 nitrogen and oxygen atoms in total. The van der Waals surface area contributed by atoms with Crippen molar-refractivity contribution in [1.82, 2.24) is 9.88 Å². The largest absolute Gasteiger partial charge is 0.336 e. The third-order valence-corrected chi connectivity index (χ3v) is 4.23. The van der Waals surface area contributed by atoms with Crippen molar-refractivity contribution in [1.29, 1.82) is 0 Å². The first-order chi connectivity index (χ1) is 7.99. The lowest BCUT2D eigenvalue weighted by atomic mass is 10.2. The average molecular weight is 258 g/mol. The molecule has 2 rings (SSSR count). The summed E-state index contributed by atoms with van der Waals surface area (Å²) in [6, 6.07) is 2.81. The maximum atomic E-state index is 13.3. The summed E-state index contributed by atoms with van der Waals surface area (Å²) in [6.45, 7) is 0.213. The van der Waals surface area contributed by atoms with E-state index in [0.717, 1.165) is 0 Å². The van der Waals surface area contributed by atoms with E-state index in [2.05, 4.69) is 4.98 Å². The molecule has 7 heteroatoms. The molecule has 2 heterocycles. The molecule has 1 amide bonds. The minimum Gasteiger partial charge on any atom is -0.336 e. The molecule has 1 fully saturated rings. The van der Waals surface area contributed by atoms with E-state index in [4.69, 9.17) is 0 Å². The van der Waals surface area contributed by atoms with Crippen LogP contribution in [0.15, 0.2) is 18.3 Å². The smallest absolute Gasteiger partial charge is 0.258 e. The molecule has 0 radical (unpaired) electrons. The summed E-state index contributed by atoms with van der Waals surface area (Å²) in [5.41, 5.74) is -0.119. The Balaban J connectivity index is 2.15. The zero-order valence-corrected chi connectivity index (χ0v) is 9.78. The lowest BCUT2D eigenvalue weighted by molar-refractivity contribution is 0.0764. The SMILES string of the molecule is O=C(c1cccnc1F)N1CCS(=O)(=O)CC1. The van der Waals surface area contributed by atoms with Crippen LogP contribution in [0.25, 0.3) is 0 Å². The summed E-state index contributed by atoms with van der Waals surface area (Å²) in [6.07, 6.45) is 1.26. The van der Waals surface area contributed by atoms with E-state index in [0.29, 0.717) is 0 Å². The van der Waals surface area contributed by atoms with Crippen molar-refractivity contribution in [3.05, 3.63) is 29.8 Å². The number of carbonyl (C=O) groups excluding carboxylic acids is 1. The van der Waals surface area contributed by atoms with Crippen molar-refractivity contribution in [3.63, 3.8) is 0 Å². The van der Waals surface area contributed by atoms with Gasteiger partial charge in [-0.2, -0.15) is 4.39 Å². The maximum Gasteiger partial charge on any atom is 0.258 e. The van der Waals surface area contributed by atoms with Crippen molar-refractivity contribution in [3.8, 4) is 0 Å². The Kier molecular flexibility index (Phi) is 3.10. The quantitative estimate of drug-likeness (QED) is 0.670. The second-order valence-corrected chi connectivity index (χ2v) is 6.09. The normalized spacial score (nSPS) is 19.0. The van der Waals surface area contributed by atoms with Gasteiger partial charge in [-0.05, 0) is 12.1 Å². The highest BCUT2D eigenvalue weighted by molar-refractivity contribution is 7.91. The Hall–Kier alpha value is -1.50. The van der Waals surface area contributed by atoms with Gasteiger partial charge in [-0.15, -0.1) is 0 Å². The molecule has 0 spiro atoms. The second-order valence-electron chi connectivity index (χ2n) is 3.79. The van der Waals surface area contributed by atoms with Gasteiger partial charge in [0.25, 0.3) is 5.91 Å². The van der Waals surface area contributed by atoms with Crippen molar-refractivity contribution in [2.24, 2.45) is 0 Å². The predicted molar refractivity (Wildman–Crippen MR) is 58.8 cm³/mol. The molecule has 0 aliphatic carbocycles. The van der Waals surface area contributed by atoms with Crippen molar-refractivity contribution in [2.45, 2.75) is 0 Å². The number of amides is 1. The van der Waals surface area contributed by atoms with Crippen LogP contribution in [0.1, 0.15) is 10.4 Å². The molecule has 0 bridgehead atoms. The minimum atomic E-state index is -3.04. The van der Waals surface area contributed by atoms with Crippen LogP contribution in [0.2, 0.25) is 0 Å². The zero-order valence-electron chi connectivity index (χ0n) is 8.97. The molecule has 92 valence electrons. The van der Waals surface area contributed by atoms with Gasteiger partial charge in [-0.3, -0.25) is 4.79 Å². The number of aromatic nitrogens is 1. The topological polar surface area (TPSA) is 67.3 Å². The average Bonchev–Trinajstić information content (AvgIpc) is 2.29. The fourth-order valence-corrected chi connectivity index (χ4v) is 2.83. The van der Waals surface area contributed by atoms with Crippen molar-refractivity contribution in [2.75, 3.05) is 24.6 Å². The van der Waals surface area contributed by atoms with Gasteiger partial charge < -0.3 is 4.90 Å². The van der Waals surface area contributed by atoms with E-state index in [-0.39, 0.29) is 30.2 Å². The molecule has 1 saturated heterocycles. The van der Waals surface area contributed by atoms with Gasteiger partial charge in [0.1, 0.15) is 0 Å². The van der Waals surface area contributed by atoms with Gasteiger partial charge >= 0.3 is 0 Å². The molecule has 0 atom stereocenters. The second kappa shape index (κ2) is 4.40. The van der Waals surface area contributed by atoms with Gasteiger partial charge in [0.15, 0.2) is 9.84 Å². The summed E-state index contributed by atoms with van der Waals surface area (Å²) in [5.74, 6) is -1.47. The molecule has 0 aromatic carbocycles. The molecule has 17 heavy (non-hydrogen) atoms. The molecule has 1 aromatic rings. The number of nitrogens with zero attached hydrogens (tertiary/aromatic N) is 2. The number of rotatable bonds is 1. The molecule has 1 aliphatic rings. The van der Waals surface area contributed by atoms with E-state index < -0.39 is 21.7 Å². The molecular formula is C10H11FN2O3S. The summed E-state index contributed by atoms with van der Waals surface area (Å²) < 4.78 is 35.7. The van der Waals surface area contributed by atoms with Crippen molar-refractivity contribution < 1.29 is 17.6 Å². The maximum absolute atomic E-state index is 13.3. The molecule has 1 aromatic heterocycles. The van der Waals surface area contributed by atoms with Crippen LogP contribution >= 0.6 is 0 Å². The van der Waals surface area contributed by atoms with E-state index in [9.17, 15) is 17.6 Å². The molecule has 0 saturated carbocycles. The Morgan fingerprint density at radius 1 is 1.35 bits per heavy atom. The highest BCUT2D eigenvalue weighted by Gasteiger charge is 2.27. The number of hydrogen-bond acceptors (Lipinski definition) is 4. The van der Waals surface area contributed by atoms with Crippen LogP contribution in [0.4, 0.5) is 4.39 Å². The zero-order chi connectivity index (χ0) is 12.5. The number of carbonyl (C=O) groups is 1. The van der Waals surface area contributed by atoms with Gasteiger partial charge in [0.05, 0.1) is 17.1 Å². The van der Waals surface area contributed by atoms with Crippen LogP contribution in [0.5, 0.6) is 0 Å². The van der Waals surface area contributed by atoms with Crippen LogP contribution in [0.3, 0.4) is 0 Å². The number of halogens is 1. The Morgan fingerprint density at radius 3 is 2.59 bits per heavy atom. The van der Waals surface area contributed by atoms with Crippen LogP contribution in [0, 0.1) is 5.95 Å². The van der Waals surface area contributed by atoms with E-state index in [1.165, 1.54) is 23.2 Å². The van der Waals surface area contributed by atoms with Crippen LogP contribution < -0.4 is 0 Å². The first-order valence-corrected chi connectivity index (χ1v) is 6.92. The Bertz CT molecular complexity index is 530. The lowest BCUT2D eigenvalue weighted by Gasteiger charge is -2.26. The standard InChI is InChI=1S/C10H11FN2O3S/c11-9-8(2-1-3-12-9)10(14)13-4-6-17(15,16)7-5-13/h1-3H,4-7H2. The molecule has 0 unspecified atom stereocenters. The summed E-state index contributed by atoms with van der Waals surface area (Å²) in [7, 11) is -3.04. The monoisotopic (exact) mass is 258 g/mol. The highest BCUT2D eigenvalue weighted by atomic mass is 32.2. The Labute approximate surface area is 98.2 Å². The predicted octanol–water partition coefficient (Wildman–Crippen LogP) is 0.0913. The molecule has 0 N–H and O–H groups in total. The Morgan fingerprint density at radius 2 is 2.00 bits per heavy atom. The van der Waals surface area contributed by atoms with E-state index in [1.54, 1.807) is 0 Å². The first-order valence-electron chi connectivity index (χ1n) is 5.10. The number of pyridine rings is 1.